The van der Waals surface area contributed by atoms with Crippen molar-refractivity contribution < 1.29 is 9.18 Å². The molecule has 0 aromatic heterocycles. The average molecular weight is 230 g/mol. The van der Waals surface area contributed by atoms with E-state index in [1.807, 2.05) is 4.90 Å². The predicted octanol–water partition coefficient (Wildman–Crippen LogP) is -1.60. The van der Waals surface area contributed by atoms with Crippen molar-refractivity contribution in [2.24, 2.45) is 5.73 Å². The summed E-state index contributed by atoms with van der Waals surface area (Å²) in [6, 6.07) is -0.557. The lowest BCUT2D eigenvalue weighted by atomic mass is 9.97. The molecule has 3 atom stereocenters. The predicted molar refractivity (Wildman–Crippen MR) is 58.7 cm³/mol. The third kappa shape index (κ3) is 2.18. The van der Waals surface area contributed by atoms with Crippen LogP contribution in [0.25, 0.3) is 0 Å². The van der Waals surface area contributed by atoms with Gasteiger partial charge in [0.25, 0.3) is 0 Å². The van der Waals surface area contributed by atoms with E-state index in [0.717, 1.165) is 0 Å². The molecule has 0 aromatic rings. The molecule has 2 aliphatic heterocycles. The third-order valence-electron chi connectivity index (χ3n) is 3.44. The molecule has 0 saturated carbocycles. The van der Waals surface area contributed by atoms with Crippen LogP contribution in [0.4, 0.5) is 4.39 Å². The Morgan fingerprint density at radius 3 is 2.81 bits per heavy atom. The van der Waals surface area contributed by atoms with Crippen molar-refractivity contribution in [1.82, 2.24) is 15.1 Å². The number of piperazine rings is 1. The van der Waals surface area contributed by atoms with Crippen LogP contribution in [0.3, 0.4) is 0 Å². The highest BCUT2D eigenvalue weighted by Gasteiger charge is 2.38. The molecule has 2 heterocycles. The van der Waals surface area contributed by atoms with E-state index >= 15 is 0 Å². The van der Waals surface area contributed by atoms with Gasteiger partial charge in [-0.3, -0.25) is 9.69 Å². The van der Waals surface area contributed by atoms with Gasteiger partial charge in [0.15, 0.2) is 0 Å². The van der Waals surface area contributed by atoms with Crippen molar-refractivity contribution >= 4 is 5.91 Å². The number of piperidine rings is 1. The number of amides is 1. The molecule has 3 N–H and O–H groups in total. The van der Waals surface area contributed by atoms with Crippen LogP contribution in [0.1, 0.15) is 0 Å². The minimum Gasteiger partial charge on any atom is -0.343 e. The molecule has 0 aliphatic carbocycles. The van der Waals surface area contributed by atoms with E-state index < -0.39 is 6.17 Å². The quantitative estimate of drug-likeness (QED) is 0.569. The van der Waals surface area contributed by atoms with Crippen molar-refractivity contribution in [2.75, 3.05) is 39.8 Å². The molecule has 2 fully saturated rings. The van der Waals surface area contributed by atoms with E-state index in [-0.39, 0.29) is 24.5 Å². The molecule has 6 heteroatoms. The first-order valence-corrected chi connectivity index (χ1v) is 5.68. The van der Waals surface area contributed by atoms with Gasteiger partial charge in [0.2, 0.25) is 5.91 Å². The molecule has 2 saturated heterocycles. The number of carbonyl (C=O) groups is 1. The zero-order chi connectivity index (χ0) is 11.7. The zero-order valence-electron chi connectivity index (χ0n) is 9.53. The summed E-state index contributed by atoms with van der Waals surface area (Å²) in [6.45, 7) is 2.60. The van der Waals surface area contributed by atoms with Crippen molar-refractivity contribution in [2.45, 2.75) is 18.3 Å². The summed E-state index contributed by atoms with van der Waals surface area (Å²) in [5, 5.41) is 2.95. The fourth-order valence-electron chi connectivity index (χ4n) is 2.43. The van der Waals surface area contributed by atoms with Crippen LogP contribution in [-0.2, 0) is 4.79 Å². The fraction of sp³-hybridized carbons (Fsp3) is 0.900. The molecule has 0 aromatic carbocycles. The number of nitrogens with one attached hydrogen (secondary N) is 1. The Bertz CT molecular complexity index is 266. The van der Waals surface area contributed by atoms with Crippen molar-refractivity contribution in [3.8, 4) is 0 Å². The largest absolute Gasteiger partial charge is 0.343 e. The van der Waals surface area contributed by atoms with Crippen molar-refractivity contribution in [3.63, 3.8) is 0 Å². The standard InChI is InChI=1S/C10H19FN4O/c1-14-2-3-15(6-9(14)16)10-7(11)4-13-5-8(10)12/h7-8,10,13H,2-6,12H2,1H3. The minimum absolute atomic E-state index is 0.0455. The third-order valence-corrected chi connectivity index (χ3v) is 3.44. The van der Waals surface area contributed by atoms with Gasteiger partial charge in [-0.25, -0.2) is 4.39 Å². The first kappa shape index (κ1) is 11.8. The molecule has 2 aliphatic rings. The number of hydrogen-bond acceptors (Lipinski definition) is 4. The first-order valence-electron chi connectivity index (χ1n) is 5.68. The highest BCUT2D eigenvalue weighted by atomic mass is 19.1. The van der Waals surface area contributed by atoms with E-state index in [4.69, 9.17) is 5.73 Å². The summed E-state index contributed by atoms with van der Waals surface area (Å²) in [7, 11) is 1.77. The lowest BCUT2D eigenvalue weighted by Crippen LogP contribution is -2.66. The Hall–Kier alpha value is -0.720. The molecule has 5 nitrogen and oxygen atoms in total. The van der Waals surface area contributed by atoms with Crippen LogP contribution >= 0.6 is 0 Å². The normalized spacial score (nSPS) is 37.8. The monoisotopic (exact) mass is 230 g/mol. The van der Waals surface area contributed by atoms with Gasteiger partial charge < -0.3 is 16.0 Å². The molecule has 92 valence electrons. The van der Waals surface area contributed by atoms with Crippen LogP contribution in [0, 0.1) is 0 Å². The topological polar surface area (TPSA) is 61.6 Å². The van der Waals surface area contributed by atoms with Gasteiger partial charge in [0, 0.05) is 39.3 Å². The highest BCUT2D eigenvalue weighted by Crippen LogP contribution is 2.16. The van der Waals surface area contributed by atoms with Crippen LogP contribution in [0.15, 0.2) is 0 Å². The van der Waals surface area contributed by atoms with Gasteiger partial charge in [-0.1, -0.05) is 0 Å². The molecule has 3 unspecified atom stereocenters. The van der Waals surface area contributed by atoms with E-state index in [0.29, 0.717) is 26.2 Å². The van der Waals surface area contributed by atoms with Gasteiger partial charge in [0.05, 0.1) is 12.6 Å². The molecular formula is C10H19FN4O. The number of alkyl halides is 1. The summed E-state index contributed by atoms with van der Waals surface area (Å²) >= 11 is 0. The molecule has 2 rings (SSSR count). The first-order chi connectivity index (χ1) is 7.59. The Morgan fingerprint density at radius 1 is 1.44 bits per heavy atom. The molecule has 1 amide bonds. The summed E-state index contributed by atoms with van der Waals surface area (Å²) in [5.41, 5.74) is 5.91. The smallest absolute Gasteiger partial charge is 0.236 e. The van der Waals surface area contributed by atoms with E-state index in [1.165, 1.54) is 0 Å². The number of rotatable bonds is 1. The van der Waals surface area contributed by atoms with Crippen LogP contribution in [0.2, 0.25) is 0 Å². The number of carbonyl (C=O) groups excluding carboxylic acids is 1. The summed E-state index contributed by atoms with van der Waals surface area (Å²) in [4.78, 5) is 15.1. The SMILES string of the molecule is CN1CCN(C2C(N)CNCC2F)CC1=O. The minimum atomic E-state index is -0.986. The number of nitrogens with zero attached hydrogens (tertiary/aromatic N) is 2. The second-order valence-corrected chi connectivity index (χ2v) is 4.61. The maximum Gasteiger partial charge on any atom is 0.236 e. The van der Waals surface area contributed by atoms with Gasteiger partial charge >= 0.3 is 0 Å². The molecule has 0 radical (unpaired) electrons. The second-order valence-electron chi connectivity index (χ2n) is 4.61. The van der Waals surface area contributed by atoms with E-state index in [1.54, 1.807) is 11.9 Å². The Balaban J connectivity index is 2.03. The maximum absolute atomic E-state index is 13.8. The zero-order valence-corrected chi connectivity index (χ0v) is 9.53. The lowest BCUT2D eigenvalue weighted by Gasteiger charge is -2.43. The summed E-state index contributed by atoms with van der Waals surface area (Å²) < 4.78 is 13.8. The Morgan fingerprint density at radius 2 is 2.19 bits per heavy atom. The second kappa shape index (κ2) is 4.65. The highest BCUT2D eigenvalue weighted by molar-refractivity contribution is 5.78. The van der Waals surface area contributed by atoms with Crippen LogP contribution < -0.4 is 11.1 Å². The molecule has 0 bridgehead atoms. The number of halogens is 1. The van der Waals surface area contributed by atoms with Crippen molar-refractivity contribution in [1.29, 1.82) is 0 Å². The van der Waals surface area contributed by atoms with E-state index in [2.05, 4.69) is 5.32 Å². The number of likely N-dealkylation sites (N-methyl/N-ethyl adjacent to an activating group) is 1. The average Bonchev–Trinajstić information content (AvgIpc) is 2.23. The summed E-state index contributed by atoms with van der Waals surface area (Å²) in [5.74, 6) is 0.0455. The maximum atomic E-state index is 13.8. The van der Waals surface area contributed by atoms with E-state index in [9.17, 15) is 9.18 Å². The Kier molecular flexibility index (Phi) is 3.41. The van der Waals surface area contributed by atoms with Crippen LogP contribution in [0.5, 0.6) is 0 Å². The molecular weight excluding hydrogens is 211 g/mol. The Labute approximate surface area is 94.7 Å². The number of nitrogens with two attached hydrogens (primary N) is 1. The van der Waals surface area contributed by atoms with Gasteiger partial charge in [-0.15, -0.1) is 0 Å². The van der Waals surface area contributed by atoms with Crippen molar-refractivity contribution in [3.05, 3.63) is 0 Å². The van der Waals surface area contributed by atoms with Gasteiger partial charge in [-0.2, -0.15) is 0 Å². The molecule has 16 heavy (non-hydrogen) atoms. The lowest BCUT2D eigenvalue weighted by molar-refractivity contribution is -0.136. The molecule has 0 spiro atoms. The fourth-order valence-corrected chi connectivity index (χ4v) is 2.43. The number of hydrogen-bond donors (Lipinski definition) is 2. The van der Waals surface area contributed by atoms with Gasteiger partial charge in [-0.05, 0) is 0 Å². The summed E-state index contributed by atoms with van der Waals surface area (Å²) in [6.07, 6.45) is -0.986. The van der Waals surface area contributed by atoms with Crippen LogP contribution in [-0.4, -0.2) is 73.7 Å². The van der Waals surface area contributed by atoms with Gasteiger partial charge in [0.1, 0.15) is 6.17 Å².